The van der Waals surface area contributed by atoms with Crippen molar-refractivity contribution < 1.29 is 4.79 Å². The van der Waals surface area contributed by atoms with Crippen LogP contribution >= 0.6 is 11.6 Å². The fraction of sp³-hybridized carbons (Fsp3) is 0.462. The van der Waals surface area contributed by atoms with Gasteiger partial charge in [0.25, 0.3) is 5.91 Å². The Hall–Kier alpha value is -1.22. The van der Waals surface area contributed by atoms with Crippen molar-refractivity contribution in [3.05, 3.63) is 28.8 Å². The normalized spacial score (nSPS) is 20.4. The summed E-state index contributed by atoms with van der Waals surface area (Å²) in [4.78, 5) is 14.2. The third kappa shape index (κ3) is 2.55. The van der Waals surface area contributed by atoms with Crippen LogP contribution in [0.4, 0.5) is 5.69 Å². The second-order valence-corrected chi connectivity index (χ2v) is 4.99. The number of halogens is 1. The van der Waals surface area contributed by atoms with E-state index in [2.05, 4.69) is 6.92 Å². The van der Waals surface area contributed by atoms with E-state index in [1.807, 2.05) is 4.90 Å². The summed E-state index contributed by atoms with van der Waals surface area (Å²) in [7, 11) is 0. The molecule has 4 heteroatoms. The van der Waals surface area contributed by atoms with Crippen molar-refractivity contribution in [2.45, 2.75) is 32.2 Å². The summed E-state index contributed by atoms with van der Waals surface area (Å²) < 4.78 is 0. The van der Waals surface area contributed by atoms with Crippen molar-refractivity contribution in [2.75, 3.05) is 12.3 Å². The van der Waals surface area contributed by atoms with Crippen LogP contribution in [0.25, 0.3) is 0 Å². The average molecular weight is 253 g/mol. The van der Waals surface area contributed by atoms with Crippen LogP contribution in [0.1, 0.15) is 36.5 Å². The van der Waals surface area contributed by atoms with Gasteiger partial charge in [-0.15, -0.1) is 0 Å². The molecule has 1 aliphatic rings. The molecule has 0 aliphatic carbocycles. The number of likely N-dealkylation sites (tertiary alicyclic amines) is 1. The molecule has 0 bridgehead atoms. The fourth-order valence-electron chi connectivity index (χ4n) is 2.26. The van der Waals surface area contributed by atoms with Crippen LogP contribution in [-0.4, -0.2) is 23.4 Å². The Morgan fingerprint density at radius 2 is 2.24 bits per heavy atom. The quantitative estimate of drug-likeness (QED) is 0.781. The van der Waals surface area contributed by atoms with Crippen LogP contribution in [0.3, 0.4) is 0 Å². The monoisotopic (exact) mass is 252 g/mol. The molecule has 3 nitrogen and oxygen atoms in total. The third-order valence-corrected chi connectivity index (χ3v) is 3.60. The first-order valence-electron chi connectivity index (χ1n) is 5.95. The Kier molecular flexibility index (Phi) is 3.57. The number of nitrogens with two attached hydrogens (primary N) is 1. The summed E-state index contributed by atoms with van der Waals surface area (Å²) in [5, 5.41) is 0.438. The number of nitrogens with zero attached hydrogens (tertiary/aromatic N) is 1. The second-order valence-electron chi connectivity index (χ2n) is 4.58. The zero-order valence-corrected chi connectivity index (χ0v) is 10.7. The number of nitrogen functional groups attached to an aromatic ring is 1. The van der Waals surface area contributed by atoms with Gasteiger partial charge < -0.3 is 10.6 Å². The number of amides is 1. The first-order chi connectivity index (χ1) is 8.09. The van der Waals surface area contributed by atoms with Crippen molar-refractivity contribution in [3.63, 3.8) is 0 Å². The fourth-order valence-corrected chi connectivity index (χ4v) is 2.53. The molecular weight excluding hydrogens is 236 g/mol. The molecule has 92 valence electrons. The van der Waals surface area contributed by atoms with E-state index in [4.69, 9.17) is 17.3 Å². The van der Waals surface area contributed by atoms with E-state index in [9.17, 15) is 4.79 Å². The van der Waals surface area contributed by atoms with Gasteiger partial charge in [-0.3, -0.25) is 4.79 Å². The second kappa shape index (κ2) is 4.96. The first kappa shape index (κ1) is 12.2. The Balaban J connectivity index is 2.24. The summed E-state index contributed by atoms with van der Waals surface area (Å²) in [5.74, 6) is 0.0159. The minimum Gasteiger partial charge on any atom is -0.399 e. The molecule has 2 N–H and O–H groups in total. The molecular formula is C13H17ClN2O. The summed E-state index contributed by atoms with van der Waals surface area (Å²) in [6, 6.07) is 5.35. The molecule has 1 saturated heterocycles. The highest BCUT2D eigenvalue weighted by Crippen LogP contribution is 2.24. The zero-order valence-electron chi connectivity index (χ0n) is 9.95. The van der Waals surface area contributed by atoms with Gasteiger partial charge in [0, 0.05) is 18.3 Å². The summed E-state index contributed by atoms with van der Waals surface area (Å²) in [5.41, 5.74) is 6.76. The van der Waals surface area contributed by atoms with Gasteiger partial charge in [-0.25, -0.2) is 0 Å². The van der Waals surface area contributed by atoms with Crippen LogP contribution in [0.5, 0.6) is 0 Å². The maximum Gasteiger partial charge on any atom is 0.255 e. The number of rotatable bonds is 1. The molecule has 0 saturated carbocycles. The Morgan fingerprint density at radius 1 is 1.47 bits per heavy atom. The van der Waals surface area contributed by atoms with Crippen LogP contribution in [0, 0.1) is 0 Å². The minimum absolute atomic E-state index is 0.0159. The lowest BCUT2D eigenvalue weighted by atomic mass is 10.0. The number of benzene rings is 1. The molecule has 0 radical (unpaired) electrons. The van der Waals surface area contributed by atoms with E-state index in [1.54, 1.807) is 18.2 Å². The van der Waals surface area contributed by atoms with Crippen LogP contribution in [-0.2, 0) is 0 Å². The summed E-state index contributed by atoms with van der Waals surface area (Å²) in [6.45, 7) is 2.91. The number of carbonyl (C=O) groups excluding carboxylic acids is 1. The molecule has 1 atom stereocenters. The van der Waals surface area contributed by atoms with E-state index >= 15 is 0 Å². The van der Waals surface area contributed by atoms with Crippen LogP contribution < -0.4 is 5.73 Å². The molecule has 17 heavy (non-hydrogen) atoms. The molecule has 2 rings (SSSR count). The standard InChI is InChI=1S/C13H17ClN2O/c1-9-4-2-3-7-16(9)13(17)11-6-5-10(15)8-12(11)14/h5-6,8-9H,2-4,7,15H2,1H3/t9-/m0/s1. The smallest absolute Gasteiger partial charge is 0.255 e. The van der Waals surface area contributed by atoms with E-state index in [-0.39, 0.29) is 5.91 Å². The Labute approximate surface area is 107 Å². The zero-order chi connectivity index (χ0) is 12.4. The lowest BCUT2D eigenvalue weighted by Crippen LogP contribution is -2.42. The summed E-state index contributed by atoms with van der Waals surface area (Å²) in [6.07, 6.45) is 3.33. The number of hydrogen-bond acceptors (Lipinski definition) is 2. The first-order valence-corrected chi connectivity index (χ1v) is 6.33. The molecule has 1 heterocycles. The average Bonchev–Trinajstić information content (AvgIpc) is 2.29. The SMILES string of the molecule is C[C@H]1CCCCN1C(=O)c1ccc(N)cc1Cl. The van der Waals surface area contributed by atoms with E-state index < -0.39 is 0 Å². The lowest BCUT2D eigenvalue weighted by Gasteiger charge is -2.33. The minimum atomic E-state index is 0.0159. The van der Waals surface area contributed by atoms with Crippen molar-refractivity contribution in [1.82, 2.24) is 4.90 Å². The Morgan fingerprint density at radius 3 is 2.88 bits per heavy atom. The van der Waals surface area contributed by atoms with Gasteiger partial charge in [0.15, 0.2) is 0 Å². The molecule has 1 aromatic rings. The molecule has 1 aliphatic heterocycles. The largest absolute Gasteiger partial charge is 0.399 e. The molecule has 1 amide bonds. The van der Waals surface area contributed by atoms with E-state index in [0.717, 1.165) is 19.4 Å². The van der Waals surface area contributed by atoms with Gasteiger partial charge in [0.1, 0.15) is 0 Å². The predicted molar refractivity (Wildman–Crippen MR) is 70.2 cm³/mol. The van der Waals surface area contributed by atoms with Crippen molar-refractivity contribution in [2.24, 2.45) is 0 Å². The highest BCUT2D eigenvalue weighted by atomic mass is 35.5. The van der Waals surface area contributed by atoms with Crippen LogP contribution in [0.2, 0.25) is 5.02 Å². The maximum absolute atomic E-state index is 12.3. The highest BCUT2D eigenvalue weighted by Gasteiger charge is 2.25. The van der Waals surface area contributed by atoms with Crippen molar-refractivity contribution in [3.8, 4) is 0 Å². The van der Waals surface area contributed by atoms with Gasteiger partial charge >= 0.3 is 0 Å². The van der Waals surface area contributed by atoms with Gasteiger partial charge in [0.05, 0.1) is 10.6 Å². The number of carbonyl (C=O) groups is 1. The number of anilines is 1. The summed E-state index contributed by atoms with van der Waals surface area (Å²) >= 11 is 6.06. The van der Waals surface area contributed by atoms with E-state index in [0.29, 0.717) is 22.3 Å². The van der Waals surface area contributed by atoms with Crippen molar-refractivity contribution in [1.29, 1.82) is 0 Å². The maximum atomic E-state index is 12.3. The number of hydrogen-bond donors (Lipinski definition) is 1. The predicted octanol–water partition coefficient (Wildman–Crippen LogP) is 2.94. The molecule has 1 fully saturated rings. The molecule has 1 aromatic carbocycles. The van der Waals surface area contributed by atoms with Gasteiger partial charge in [0.2, 0.25) is 0 Å². The van der Waals surface area contributed by atoms with Gasteiger partial charge in [-0.2, -0.15) is 0 Å². The highest BCUT2D eigenvalue weighted by molar-refractivity contribution is 6.34. The van der Waals surface area contributed by atoms with Crippen LogP contribution in [0.15, 0.2) is 18.2 Å². The van der Waals surface area contributed by atoms with E-state index in [1.165, 1.54) is 6.42 Å². The lowest BCUT2D eigenvalue weighted by molar-refractivity contribution is 0.0636. The number of piperidine rings is 1. The van der Waals surface area contributed by atoms with Gasteiger partial charge in [-0.1, -0.05) is 11.6 Å². The molecule has 0 aromatic heterocycles. The van der Waals surface area contributed by atoms with Crippen molar-refractivity contribution >= 4 is 23.2 Å². The topological polar surface area (TPSA) is 46.3 Å². The molecule has 0 unspecified atom stereocenters. The Bertz CT molecular complexity index is 433. The van der Waals surface area contributed by atoms with Gasteiger partial charge in [-0.05, 0) is 44.4 Å². The molecule has 0 spiro atoms. The third-order valence-electron chi connectivity index (χ3n) is 3.29.